The first-order valence-corrected chi connectivity index (χ1v) is 6.91. The third kappa shape index (κ3) is 9.55. The predicted octanol–water partition coefficient (Wildman–Crippen LogP) is 3.25. The molecule has 12 heteroatoms. The van der Waals surface area contributed by atoms with E-state index in [0.29, 0.717) is 0 Å². The van der Waals surface area contributed by atoms with Crippen LogP contribution in [0.5, 0.6) is 0 Å². The lowest BCUT2D eigenvalue weighted by Crippen LogP contribution is -2.40. The van der Waals surface area contributed by atoms with Crippen molar-refractivity contribution in [2.45, 2.75) is 18.8 Å². The van der Waals surface area contributed by atoms with Crippen LogP contribution in [0.25, 0.3) is 0 Å². The highest BCUT2D eigenvalue weighted by Gasteiger charge is 2.33. The molecule has 0 spiro atoms. The van der Waals surface area contributed by atoms with E-state index in [0.717, 1.165) is 6.07 Å². The van der Waals surface area contributed by atoms with Crippen molar-refractivity contribution in [1.82, 2.24) is 15.6 Å². The van der Waals surface area contributed by atoms with Crippen molar-refractivity contribution in [1.29, 1.82) is 0 Å². The van der Waals surface area contributed by atoms with Gasteiger partial charge in [0, 0.05) is 32.9 Å². The van der Waals surface area contributed by atoms with Gasteiger partial charge in [-0.25, -0.2) is 4.98 Å². The second kappa shape index (κ2) is 10.5. The van der Waals surface area contributed by atoms with Crippen molar-refractivity contribution in [3.8, 4) is 0 Å². The van der Waals surface area contributed by atoms with Gasteiger partial charge in [0.2, 0.25) is 0 Å². The van der Waals surface area contributed by atoms with Crippen LogP contribution in [0.2, 0.25) is 0 Å². The summed E-state index contributed by atoms with van der Waals surface area (Å²) in [6, 6.07) is 2.08. The number of alkyl halides is 6. The Balaban J connectivity index is 0.00000576. The van der Waals surface area contributed by atoms with Gasteiger partial charge in [-0.15, -0.1) is 24.0 Å². The average molecular weight is 485 g/mol. The molecule has 0 fully saturated rings. The molecule has 0 saturated heterocycles. The van der Waals surface area contributed by atoms with Gasteiger partial charge in [0.25, 0.3) is 0 Å². The summed E-state index contributed by atoms with van der Waals surface area (Å²) >= 11 is 0. The Morgan fingerprint density at radius 2 is 1.72 bits per heavy atom. The Bertz CT molecular complexity index is 546. The zero-order chi connectivity index (χ0) is 18.2. The molecule has 0 saturated carbocycles. The minimum Gasteiger partial charge on any atom is -0.368 e. The van der Waals surface area contributed by atoms with E-state index in [1.807, 2.05) is 0 Å². The molecule has 1 rings (SSSR count). The fraction of sp³-hybridized carbons (Fsp3) is 0.538. The second-order valence-electron chi connectivity index (χ2n) is 4.62. The highest BCUT2D eigenvalue weighted by molar-refractivity contribution is 14.0. The number of nitrogens with zero attached hydrogens (tertiary/aromatic N) is 2. The Labute approximate surface area is 157 Å². The van der Waals surface area contributed by atoms with Crippen LogP contribution in [0.1, 0.15) is 12.0 Å². The molecule has 0 amide bonds. The molecule has 1 aromatic rings. The van der Waals surface area contributed by atoms with Crippen molar-refractivity contribution >= 4 is 35.8 Å². The molecule has 0 aliphatic rings. The Morgan fingerprint density at radius 3 is 2.28 bits per heavy atom. The van der Waals surface area contributed by atoms with Crippen LogP contribution in [0.3, 0.4) is 0 Å². The first kappa shape index (κ1) is 23.5. The van der Waals surface area contributed by atoms with Gasteiger partial charge >= 0.3 is 12.4 Å². The molecule has 3 N–H and O–H groups in total. The lowest BCUT2D eigenvalue weighted by atomic mass is 10.2. The van der Waals surface area contributed by atoms with Crippen LogP contribution in [0.4, 0.5) is 32.2 Å². The van der Waals surface area contributed by atoms with Crippen molar-refractivity contribution in [2.24, 2.45) is 4.99 Å². The Morgan fingerprint density at radius 1 is 1.08 bits per heavy atom. The van der Waals surface area contributed by atoms with Gasteiger partial charge in [0.15, 0.2) is 5.96 Å². The summed E-state index contributed by atoms with van der Waals surface area (Å²) in [6.07, 6.45) is -8.60. The smallest absolute Gasteiger partial charge is 0.368 e. The van der Waals surface area contributed by atoms with E-state index in [1.54, 1.807) is 0 Å². The van der Waals surface area contributed by atoms with Crippen molar-refractivity contribution in [3.63, 3.8) is 0 Å². The van der Waals surface area contributed by atoms with Gasteiger partial charge in [-0.05, 0) is 12.1 Å². The highest BCUT2D eigenvalue weighted by atomic mass is 127. The molecular formula is C13H18F6IN5. The van der Waals surface area contributed by atoms with Crippen LogP contribution in [0, 0.1) is 0 Å². The maximum absolute atomic E-state index is 12.8. The first-order chi connectivity index (χ1) is 11.1. The van der Waals surface area contributed by atoms with E-state index in [-0.39, 0.29) is 55.4 Å². The van der Waals surface area contributed by atoms with Crippen LogP contribution < -0.4 is 16.0 Å². The van der Waals surface area contributed by atoms with Gasteiger partial charge < -0.3 is 16.0 Å². The number of hydrogen-bond donors (Lipinski definition) is 3. The van der Waals surface area contributed by atoms with E-state index in [2.05, 4.69) is 25.9 Å². The fourth-order valence-corrected chi connectivity index (χ4v) is 1.68. The van der Waals surface area contributed by atoms with Gasteiger partial charge in [0.05, 0.1) is 12.0 Å². The molecule has 0 aliphatic heterocycles. The number of guanidine groups is 1. The summed E-state index contributed by atoms with van der Waals surface area (Å²) in [4.78, 5) is 7.34. The van der Waals surface area contributed by atoms with E-state index >= 15 is 0 Å². The summed E-state index contributed by atoms with van der Waals surface area (Å²) in [5.74, 6) is -0.190. The summed E-state index contributed by atoms with van der Waals surface area (Å²) in [6.45, 7) is -0.144. The number of nitrogens with one attached hydrogen (secondary N) is 3. The maximum Gasteiger partial charge on any atom is 0.419 e. The molecule has 1 heterocycles. The molecule has 0 unspecified atom stereocenters. The van der Waals surface area contributed by atoms with E-state index in [9.17, 15) is 26.3 Å². The maximum atomic E-state index is 12.8. The van der Waals surface area contributed by atoms with E-state index in [4.69, 9.17) is 0 Å². The lowest BCUT2D eigenvalue weighted by Gasteiger charge is -2.15. The van der Waals surface area contributed by atoms with Gasteiger partial charge in [-0.3, -0.25) is 4.99 Å². The molecule has 0 aromatic carbocycles. The second-order valence-corrected chi connectivity index (χ2v) is 4.62. The highest BCUT2D eigenvalue weighted by Crippen LogP contribution is 2.33. The molecule has 5 nitrogen and oxygen atoms in total. The van der Waals surface area contributed by atoms with E-state index in [1.165, 1.54) is 19.3 Å². The largest absolute Gasteiger partial charge is 0.419 e. The zero-order valence-corrected chi connectivity index (χ0v) is 15.5. The quantitative estimate of drug-likeness (QED) is 0.191. The number of pyridine rings is 1. The average Bonchev–Trinajstić information content (AvgIpc) is 2.48. The summed E-state index contributed by atoms with van der Waals surface area (Å²) < 4.78 is 74.4. The van der Waals surface area contributed by atoms with Crippen molar-refractivity contribution in [2.75, 3.05) is 32.0 Å². The van der Waals surface area contributed by atoms with Gasteiger partial charge in [0.1, 0.15) is 5.82 Å². The number of hydrogen-bond acceptors (Lipinski definition) is 3. The van der Waals surface area contributed by atoms with E-state index < -0.39 is 24.3 Å². The normalized spacial score (nSPS) is 12.4. The molecule has 0 radical (unpaired) electrons. The number of rotatable bonds is 6. The van der Waals surface area contributed by atoms with Gasteiger partial charge in [-0.2, -0.15) is 26.3 Å². The number of aliphatic imine (C=N–C) groups is 1. The molecule has 0 atom stereocenters. The number of anilines is 1. The predicted molar refractivity (Wildman–Crippen MR) is 93.2 cm³/mol. The lowest BCUT2D eigenvalue weighted by molar-refractivity contribution is -0.137. The summed E-state index contributed by atoms with van der Waals surface area (Å²) in [5, 5.41) is 7.66. The van der Waals surface area contributed by atoms with Crippen molar-refractivity contribution < 1.29 is 26.3 Å². The standard InChI is InChI=1S/C13H17F6N5.HI/c1-20-11(23-6-4-12(14,15)16)24-8-7-22-10-9(13(17,18)19)3-2-5-21-10;/h2-3,5H,4,6-8H2,1H3,(H,21,22)(H2,20,23,24);1H. The molecule has 0 aliphatic carbocycles. The third-order valence-corrected chi connectivity index (χ3v) is 2.75. The number of aromatic nitrogens is 1. The van der Waals surface area contributed by atoms with Crippen LogP contribution in [-0.2, 0) is 6.18 Å². The minimum absolute atomic E-state index is 0. The SMILES string of the molecule is CN=C(NCCNc1ncccc1C(F)(F)F)NCCC(F)(F)F.I. The summed E-state index contributed by atoms with van der Waals surface area (Å²) in [5.41, 5.74) is -0.891. The molecule has 144 valence electrons. The van der Waals surface area contributed by atoms with Crippen LogP contribution in [0.15, 0.2) is 23.3 Å². The molecule has 1 aromatic heterocycles. The summed E-state index contributed by atoms with van der Waals surface area (Å²) in [7, 11) is 1.37. The van der Waals surface area contributed by atoms with Crippen LogP contribution in [-0.4, -0.2) is 43.8 Å². The Kier molecular flexibility index (Phi) is 9.89. The minimum atomic E-state index is -4.53. The molecule has 25 heavy (non-hydrogen) atoms. The van der Waals surface area contributed by atoms with Crippen molar-refractivity contribution in [3.05, 3.63) is 23.9 Å². The topological polar surface area (TPSA) is 61.3 Å². The Hall–Kier alpha value is -1.47. The number of halogens is 7. The third-order valence-electron chi connectivity index (χ3n) is 2.75. The first-order valence-electron chi connectivity index (χ1n) is 6.91. The zero-order valence-electron chi connectivity index (χ0n) is 13.1. The molecule has 0 bridgehead atoms. The molecular weight excluding hydrogens is 467 g/mol. The fourth-order valence-electron chi connectivity index (χ4n) is 1.68. The monoisotopic (exact) mass is 485 g/mol. The van der Waals surface area contributed by atoms with Gasteiger partial charge in [-0.1, -0.05) is 0 Å². The van der Waals surface area contributed by atoms with Crippen LogP contribution >= 0.6 is 24.0 Å².